The van der Waals surface area contributed by atoms with Crippen LogP contribution < -0.4 is 10.7 Å². The van der Waals surface area contributed by atoms with Gasteiger partial charge in [-0.05, 0) is 53.5 Å². The SMILES string of the molecule is CCOCOC[C@H](C[C@H](Cc1ccccc1)C(=O)NN=O)NC(=O)c1ccc(C#CI)cc1. The number of amides is 2. The van der Waals surface area contributed by atoms with Gasteiger partial charge in [0.15, 0.2) is 0 Å². The Balaban J connectivity index is 2.15. The molecule has 2 aromatic rings. The van der Waals surface area contributed by atoms with Gasteiger partial charge in [-0.2, -0.15) is 0 Å². The molecule has 174 valence electrons. The van der Waals surface area contributed by atoms with Crippen molar-refractivity contribution >= 4 is 34.4 Å². The van der Waals surface area contributed by atoms with Crippen LogP contribution in [0.1, 0.15) is 34.8 Å². The van der Waals surface area contributed by atoms with E-state index in [0.29, 0.717) is 18.6 Å². The van der Waals surface area contributed by atoms with Crippen LogP contribution in [0.15, 0.2) is 59.9 Å². The molecule has 2 atom stereocenters. The van der Waals surface area contributed by atoms with Crippen LogP contribution in [0.25, 0.3) is 0 Å². The number of nitroso groups, excluding NO2 is 1. The van der Waals surface area contributed by atoms with Crippen molar-refractivity contribution in [1.29, 1.82) is 0 Å². The molecule has 2 amide bonds. The molecule has 2 rings (SSSR count). The van der Waals surface area contributed by atoms with E-state index in [0.717, 1.165) is 11.1 Å². The minimum atomic E-state index is -0.604. The molecule has 0 fully saturated rings. The Morgan fingerprint density at radius 2 is 1.82 bits per heavy atom. The van der Waals surface area contributed by atoms with E-state index < -0.39 is 17.9 Å². The fourth-order valence-corrected chi connectivity index (χ4v) is 3.50. The monoisotopic (exact) mass is 563 g/mol. The highest BCUT2D eigenvalue weighted by Gasteiger charge is 2.25. The fraction of sp³-hybridized carbons (Fsp3) is 0.333. The lowest BCUT2D eigenvalue weighted by molar-refractivity contribution is -0.125. The first kappa shape index (κ1) is 26.4. The number of ether oxygens (including phenoxy) is 2. The number of halogens is 1. The van der Waals surface area contributed by atoms with Crippen molar-refractivity contribution < 1.29 is 19.1 Å². The molecule has 0 bridgehead atoms. The molecule has 8 nitrogen and oxygen atoms in total. The molecule has 33 heavy (non-hydrogen) atoms. The van der Waals surface area contributed by atoms with Gasteiger partial charge >= 0.3 is 0 Å². The van der Waals surface area contributed by atoms with Crippen molar-refractivity contribution in [3.05, 3.63) is 76.2 Å². The van der Waals surface area contributed by atoms with Gasteiger partial charge in [-0.1, -0.05) is 36.3 Å². The van der Waals surface area contributed by atoms with Crippen molar-refractivity contribution in [1.82, 2.24) is 10.7 Å². The van der Waals surface area contributed by atoms with E-state index in [1.54, 1.807) is 24.3 Å². The Morgan fingerprint density at radius 3 is 2.45 bits per heavy atom. The summed E-state index contributed by atoms with van der Waals surface area (Å²) < 4.78 is 13.5. The maximum atomic E-state index is 12.8. The average Bonchev–Trinajstić information content (AvgIpc) is 2.82. The van der Waals surface area contributed by atoms with E-state index in [1.165, 1.54) is 0 Å². The number of hydrogen-bond donors (Lipinski definition) is 2. The van der Waals surface area contributed by atoms with E-state index in [2.05, 4.69) is 20.5 Å². The lowest BCUT2D eigenvalue weighted by Crippen LogP contribution is -2.42. The molecule has 0 aliphatic rings. The van der Waals surface area contributed by atoms with Crippen molar-refractivity contribution in [2.45, 2.75) is 25.8 Å². The van der Waals surface area contributed by atoms with Gasteiger partial charge in [-0.25, -0.2) is 5.43 Å². The third-order valence-electron chi connectivity index (χ3n) is 4.78. The van der Waals surface area contributed by atoms with Gasteiger partial charge in [-0.15, -0.1) is 4.91 Å². The van der Waals surface area contributed by atoms with Crippen molar-refractivity contribution in [3.63, 3.8) is 0 Å². The molecule has 0 aliphatic heterocycles. The summed E-state index contributed by atoms with van der Waals surface area (Å²) in [4.78, 5) is 36.0. The first-order valence-electron chi connectivity index (χ1n) is 10.4. The number of rotatable bonds is 13. The second-order valence-electron chi connectivity index (χ2n) is 7.14. The molecule has 0 aromatic heterocycles. The zero-order chi connectivity index (χ0) is 23.9. The summed E-state index contributed by atoms with van der Waals surface area (Å²) in [7, 11) is 0. The number of hydrogen-bond acceptors (Lipinski definition) is 6. The van der Waals surface area contributed by atoms with Gasteiger partial charge in [0.2, 0.25) is 5.91 Å². The van der Waals surface area contributed by atoms with Gasteiger partial charge in [0.25, 0.3) is 5.91 Å². The average molecular weight is 563 g/mol. The highest BCUT2D eigenvalue weighted by molar-refractivity contribution is 14.1. The molecule has 9 heteroatoms. The number of nitrogens with one attached hydrogen (secondary N) is 2. The molecule has 2 aromatic carbocycles. The Hall–Kier alpha value is -2.81. The fourth-order valence-electron chi connectivity index (χ4n) is 3.19. The highest BCUT2D eigenvalue weighted by atomic mass is 127. The maximum Gasteiger partial charge on any atom is 0.251 e. The van der Waals surface area contributed by atoms with Crippen LogP contribution in [0, 0.1) is 20.7 Å². The van der Waals surface area contributed by atoms with Crippen LogP contribution in [0.4, 0.5) is 0 Å². The van der Waals surface area contributed by atoms with Gasteiger partial charge in [0, 0.05) is 46.2 Å². The minimum absolute atomic E-state index is 0.0674. The van der Waals surface area contributed by atoms with Gasteiger partial charge in [0.05, 0.1) is 17.9 Å². The van der Waals surface area contributed by atoms with Gasteiger partial charge in [0.1, 0.15) is 6.79 Å². The summed E-state index contributed by atoms with van der Waals surface area (Å²) in [6.07, 6.45) is 0.621. The Labute approximate surface area is 206 Å². The maximum absolute atomic E-state index is 12.8. The topological polar surface area (TPSA) is 106 Å². The van der Waals surface area contributed by atoms with Crippen molar-refractivity contribution in [2.24, 2.45) is 11.2 Å². The third kappa shape index (κ3) is 9.69. The van der Waals surface area contributed by atoms with Crippen LogP contribution in [0.2, 0.25) is 0 Å². The quantitative estimate of drug-likeness (QED) is 0.0969. The minimum Gasteiger partial charge on any atom is -0.356 e. The Bertz CT molecular complexity index is 958. The predicted molar refractivity (Wildman–Crippen MR) is 133 cm³/mol. The Morgan fingerprint density at radius 1 is 1.09 bits per heavy atom. The normalized spacial score (nSPS) is 12.1. The molecule has 0 aliphatic carbocycles. The van der Waals surface area contributed by atoms with Crippen molar-refractivity contribution in [3.8, 4) is 9.85 Å². The van der Waals surface area contributed by atoms with Crippen molar-refractivity contribution in [2.75, 3.05) is 20.0 Å². The number of carbonyl (C=O) groups is 2. The largest absolute Gasteiger partial charge is 0.356 e. The van der Waals surface area contributed by atoms with E-state index in [4.69, 9.17) is 9.47 Å². The summed E-state index contributed by atoms with van der Waals surface area (Å²) in [6, 6.07) is 15.8. The summed E-state index contributed by atoms with van der Waals surface area (Å²) in [6.45, 7) is 2.55. The molecule has 0 saturated heterocycles. The number of nitrogens with zero attached hydrogens (tertiary/aromatic N) is 1. The summed E-state index contributed by atoms with van der Waals surface area (Å²) >= 11 is 1.95. The second-order valence-corrected chi connectivity index (χ2v) is 7.68. The van der Waals surface area contributed by atoms with E-state index >= 15 is 0 Å². The third-order valence-corrected chi connectivity index (χ3v) is 5.05. The summed E-state index contributed by atoms with van der Waals surface area (Å²) in [5.41, 5.74) is 4.18. The van der Waals surface area contributed by atoms with Crippen LogP contribution in [0.5, 0.6) is 0 Å². The van der Waals surface area contributed by atoms with E-state index in [1.807, 2.05) is 65.3 Å². The molecule has 0 unspecified atom stereocenters. The first-order chi connectivity index (χ1) is 16.1. The summed E-state index contributed by atoms with van der Waals surface area (Å²) in [5, 5.41) is 5.45. The standard InChI is InChI=1S/C24H26IN3O5/c1-2-32-17-33-16-22(26-23(29)20-10-8-18(9-11-20)12-13-25)15-21(24(30)27-28-31)14-19-6-4-3-5-7-19/h3-11,21-22H,2,14-17H2,1H3,(H,26,29)(H,27,30,31)/t21-,22-/m0/s1. The zero-order valence-corrected chi connectivity index (χ0v) is 20.4. The number of benzene rings is 2. The molecular weight excluding hydrogens is 537 g/mol. The van der Waals surface area contributed by atoms with E-state index in [9.17, 15) is 14.5 Å². The van der Waals surface area contributed by atoms with Crippen LogP contribution in [-0.4, -0.2) is 37.9 Å². The molecule has 0 radical (unpaired) electrons. The molecular formula is C24H26IN3O5. The number of carbonyl (C=O) groups excluding carboxylic acids is 2. The molecule has 0 spiro atoms. The van der Waals surface area contributed by atoms with Gasteiger partial charge < -0.3 is 14.8 Å². The Kier molecular flexibility index (Phi) is 12.1. The zero-order valence-electron chi connectivity index (χ0n) is 18.3. The summed E-state index contributed by atoms with van der Waals surface area (Å²) in [5.74, 6) is 1.50. The molecule has 2 N–H and O–H groups in total. The van der Waals surface area contributed by atoms with Crippen LogP contribution in [0.3, 0.4) is 0 Å². The lowest BCUT2D eigenvalue weighted by atomic mass is 9.92. The lowest BCUT2D eigenvalue weighted by Gasteiger charge is -2.23. The van der Waals surface area contributed by atoms with E-state index in [-0.39, 0.29) is 25.7 Å². The second kappa shape index (κ2) is 15.1. The first-order valence-corrected chi connectivity index (χ1v) is 11.5. The molecule has 0 heterocycles. The van der Waals surface area contributed by atoms with Crippen LogP contribution >= 0.6 is 22.6 Å². The molecule has 0 saturated carbocycles. The predicted octanol–water partition coefficient (Wildman–Crippen LogP) is 3.59. The van der Waals surface area contributed by atoms with Gasteiger partial charge in [-0.3, -0.25) is 9.59 Å². The smallest absolute Gasteiger partial charge is 0.251 e. The van der Waals surface area contributed by atoms with Crippen LogP contribution in [-0.2, 0) is 20.7 Å². The highest BCUT2D eigenvalue weighted by Crippen LogP contribution is 2.16.